The molecule has 0 spiro atoms. The molecule has 1 aliphatic heterocycles. The molecule has 1 saturated heterocycles. The number of rotatable bonds is 6. The van der Waals surface area contributed by atoms with Gasteiger partial charge in [-0.15, -0.1) is 0 Å². The van der Waals surface area contributed by atoms with E-state index < -0.39 is 0 Å². The molecule has 35 heavy (non-hydrogen) atoms. The van der Waals surface area contributed by atoms with E-state index in [2.05, 4.69) is 86.5 Å². The van der Waals surface area contributed by atoms with Crippen molar-refractivity contribution >= 4 is 5.82 Å². The number of piperazine rings is 1. The van der Waals surface area contributed by atoms with Crippen molar-refractivity contribution in [2.75, 3.05) is 31.6 Å². The van der Waals surface area contributed by atoms with E-state index >= 15 is 0 Å². The molecule has 6 unspecified atom stereocenters. The van der Waals surface area contributed by atoms with Gasteiger partial charge in [-0.1, -0.05) is 32.9 Å². The third-order valence-corrected chi connectivity index (χ3v) is 9.62. The molecule has 5 heteroatoms. The second-order valence-corrected chi connectivity index (χ2v) is 12.6. The van der Waals surface area contributed by atoms with Crippen LogP contribution in [0, 0.1) is 41.4 Å². The van der Waals surface area contributed by atoms with Crippen LogP contribution in [0.15, 0.2) is 30.6 Å². The van der Waals surface area contributed by atoms with Crippen molar-refractivity contribution < 1.29 is 0 Å². The van der Waals surface area contributed by atoms with Crippen LogP contribution in [0.5, 0.6) is 0 Å². The van der Waals surface area contributed by atoms with Crippen LogP contribution in [0.1, 0.15) is 72.3 Å². The normalized spacial score (nSPS) is 33.8. The topological polar surface area (TPSA) is 46.4 Å². The minimum atomic E-state index is -0.136. The second-order valence-electron chi connectivity index (χ2n) is 12.6. The number of aromatic nitrogens is 1. The number of hydrogen-bond acceptors (Lipinski definition) is 5. The summed E-state index contributed by atoms with van der Waals surface area (Å²) in [6, 6.07) is 7.96. The van der Waals surface area contributed by atoms with E-state index in [9.17, 15) is 5.26 Å². The average Bonchev–Trinajstić information content (AvgIpc) is 2.82. The largest absolute Gasteiger partial charge is 0.373 e. The summed E-state index contributed by atoms with van der Waals surface area (Å²) in [6.07, 6.45) is 7.52. The lowest BCUT2D eigenvalue weighted by Crippen LogP contribution is -2.62. The number of fused-ring (bicyclic) bond motifs is 2. The van der Waals surface area contributed by atoms with Crippen LogP contribution < -0.4 is 4.90 Å². The fraction of sp³-hybridized carbons (Fsp3) is 0.733. The Morgan fingerprint density at radius 2 is 2.00 bits per heavy atom. The lowest BCUT2D eigenvalue weighted by atomic mass is 9.54. The van der Waals surface area contributed by atoms with Gasteiger partial charge in [0.25, 0.3) is 0 Å². The van der Waals surface area contributed by atoms with Gasteiger partial charge in [0.05, 0.1) is 17.0 Å². The summed E-state index contributed by atoms with van der Waals surface area (Å²) >= 11 is 0. The van der Waals surface area contributed by atoms with Gasteiger partial charge < -0.3 is 9.80 Å². The Bertz CT molecular complexity index is 946. The summed E-state index contributed by atoms with van der Waals surface area (Å²) in [5, 5.41) is 10.1. The van der Waals surface area contributed by atoms with E-state index in [0.29, 0.717) is 29.8 Å². The van der Waals surface area contributed by atoms with Crippen molar-refractivity contribution in [3.05, 3.63) is 36.2 Å². The van der Waals surface area contributed by atoms with Crippen LogP contribution in [-0.2, 0) is 0 Å². The molecule has 0 radical (unpaired) electrons. The number of pyridine rings is 1. The molecule has 2 bridgehead atoms. The molecule has 1 aromatic heterocycles. The van der Waals surface area contributed by atoms with Gasteiger partial charge in [-0.05, 0) is 82.8 Å². The van der Waals surface area contributed by atoms with Crippen LogP contribution in [0.3, 0.4) is 0 Å². The summed E-state index contributed by atoms with van der Waals surface area (Å²) in [5.41, 5.74) is 2.18. The Morgan fingerprint density at radius 1 is 1.26 bits per heavy atom. The van der Waals surface area contributed by atoms with E-state index in [4.69, 9.17) is 6.58 Å². The Kier molecular flexibility index (Phi) is 7.26. The minimum Gasteiger partial charge on any atom is -0.373 e. The molecular weight excluding hydrogens is 430 g/mol. The molecule has 2 saturated carbocycles. The molecule has 0 N–H and O–H groups in total. The predicted molar refractivity (Wildman–Crippen MR) is 145 cm³/mol. The van der Waals surface area contributed by atoms with Gasteiger partial charge in [0, 0.05) is 50.7 Å². The van der Waals surface area contributed by atoms with Gasteiger partial charge in [-0.2, -0.15) is 5.26 Å². The van der Waals surface area contributed by atoms with Crippen molar-refractivity contribution in [2.45, 2.75) is 91.3 Å². The van der Waals surface area contributed by atoms with Crippen LogP contribution in [-0.4, -0.2) is 59.1 Å². The first-order valence-corrected chi connectivity index (χ1v) is 13.8. The monoisotopic (exact) mass is 477 g/mol. The molecular formula is C30H47N5. The fourth-order valence-electron chi connectivity index (χ4n) is 7.95. The van der Waals surface area contributed by atoms with Crippen molar-refractivity contribution in [2.24, 2.45) is 23.2 Å². The van der Waals surface area contributed by atoms with Crippen LogP contribution >= 0.6 is 0 Å². The third-order valence-electron chi connectivity index (χ3n) is 9.62. The van der Waals surface area contributed by atoms with E-state index in [0.717, 1.165) is 51.1 Å². The summed E-state index contributed by atoms with van der Waals surface area (Å²) in [7, 11) is 2.28. The van der Waals surface area contributed by atoms with Gasteiger partial charge in [0.2, 0.25) is 0 Å². The number of hydrogen-bond donors (Lipinski definition) is 0. The standard InChI is InChI=1S/C30H47N5/c1-9-25-16-30(20-31)15-22(3)14-26(17-30)28(25)33(8)24(5)29(6,7)35-13-12-34(19-23(35)4)27-11-10-21(2)18-32-27/h10-11,18,22-23,25-26,28H,5,9,12-17,19H2,1-4,6-8H3. The first kappa shape index (κ1) is 26.0. The molecule has 5 nitrogen and oxygen atoms in total. The number of nitriles is 1. The summed E-state index contributed by atoms with van der Waals surface area (Å²) < 4.78 is 0. The van der Waals surface area contributed by atoms with E-state index in [1.54, 1.807) is 0 Å². The van der Waals surface area contributed by atoms with Crippen LogP contribution in [0.4, 0.5) is 5.82 Å². The van der Waals surface area contributed by atoms with Gasteiger partial charge in [-0.3, -0.25) is 4.90 Å². The summed E-state index contributed by atoms with van der Waals surface area (Å²) in [6.45, 7) is 21.5. The Balaban J connectivity index is 1.50. The van der Waals surface area contributed by atoms with Crippen molar-refractivity contribution in [1.29, 1.82) is 5.26 Å². The molecule has 4 rings (SSSR count). The zero-order chi connectivity index (χ0) is 25.5. The average molecular weight is 478 g/mol. The zero-order valence-corrected chi connectivity index (χ0v) is 23.2. The highest BCUT2D eigenvalue weighted by atomic mass is 15.4. The SMILES string of the molecule is C=C(N(C)C1C(CC)CC2(C#N)CC(C)CC1C2)C(C)(C)N1CCN(c2ccc(C)cn2)CC1C. The second kappa shape index (κ2) is 9.77. The van der Waals surface area contributed by atoms with Gasteiger partial charge in [-0.25, -0.2) is 4.98 Å². The van der Waals surface area contributed by atoms with Crippen molar-refractivity contribution in [3.8, 4) is 6.07 Å². The summed E-state index contributed by atoms with van der Waals surface area (Å²) in [5.74, 6) is 2.85. The minimum absolute atomic E-state index is 0.105. The maximum absolute atomic E-state index is 10.1. The maximum atomic E-state index is 10.1. The molecule has 1 aromatic rings. The zero-order valence-electron chi connectivity index (χ0n) is 23.2. The van der Waals surface area contributed by atoms with Crippen LogP contribution in [0.25, 0.3) is 0 Å². The van der Waals surface area contributed by atoms with E-state index in [-0.39, 0.29) is 11.0 Å². The molecule has 2 aliphatic carbocycles. The number of nitrogens with zero attached hydrogens (tertiary/aromatic N) is 5. The number of anilines is 1. The summed E-state index contributed by atoms with van der Waals surface area (Å²) in [4.78, 5) is 12.3. The molecule has 0 aromatic carbocycles. The molecule has 2 heterocycles. The number of likely N-dealkylation sites (N-methyl/N-ethyl adjacent to an activating group) is 1. The first-order chi connectivity index (χ1) is 16.5. The number of aryl methyl sites for hydroxylation is 1. The highest BCUT2D eigenvalue weighted by Gasteiger charge is 2.52. The lowest BCUT2D eigenvalue weighted by molar-refractivity contribution is -0.0275. The first-order valence-electron chi connectivity index (χ1n) is 13.8. The molecule has 3 aliphatic rings. The van der Waals surface area contributed by atoms with E-state index in [1.807, 2.05) is 6.20 Å². The smallest absolute Gasteiger partial charge is 0.128 e. The molecule has 192 valence electrons. The highest BCUT2D eigenvalue weighted by Crippen LogP contribution is 2.55. The molecule has 3 fully saturated rings. The van der Waals surface area contributed by atoms with E-state index in [1.165, 1.54) is 17.7 Å². The van der Waals surface area contributed by atoms with Gasteiger partial charge in [0.1, 0.15) is 5.82 Å². The van der Waals surface area contributed by atoms with Crippen LogP contribution in [0.2, 0.25) is 0 Å². The Labute approximate surface area is 214 Å². The Hall–Kier alpha value is -2.06. The molecule has 6 atom stereocenters. The van der Waals surface area contributed by atoms with Gasteiger partial charge >= 0.3 is 0 Å². The lowest BCUT2D eigenvalue weighted by Gasteiger charge is -2.57. The fourth-order valence-corrected chi connectivity index (χ4v) is 7.95. The van der Waals surface area contributed by atoms with Crippen molar-refractivity contribution in [3.63, 3.8) is 0 Å². The third kappa shape index (κ3) is 4.84. The van der Waals surface area contributed by atoms with Gasteiger partial charge in [0.15, 0.2) is 0 Å². The highest BCUT2D eigenvalue weighted by molar-refractivity contribution is 5.40. The molecule has 0 amide bonds. The maximum Gasteiger partial charge on any atom is 0.128 e. The quantitative estimate of drug-likeness (QED) is 0.513. The Morgan fingerprint density at radius 3 is 2.60 bits per heavy atom. The predicted octanol–water partition coefficient (Wildman–Crippen LogP) is 5.87. The van der Waals surface area contributed by atoms with Crippen molar-refractivity contribution in [1.82, 2.24) is 14.8 Å².